The first-order valence-electron chi connectivity index (χ1n) is 6.00. The van der Waals surface area contributed by atoms with Crippen molar-refractivity contribution in [1.29, 1.82) is 0 Å². The van der Waals surface area contributed by atoms with Gasteiger partial charge in [0.2, 0.25) is 5.91 Å². The van der Waals surface area contributed by atoms with E-state index in [-0.39, 0.29) is 0 Å². The second kappa shape index (κ2) is 7.14. The van der Waals surface area contributed by atoms with E-state index in [9.17, 15) is 18.0 Å². The van der Waals surface area contributed by atoms with Gasteiger partial charge in [-0.25, -0.2) is 0 Å². The molecule has 4 nitrogen and oxygen atoms in total. The predicted molar refractivity (Wildman–Crippen MR) is 69.3 cm³/mol. The lowest BCUT2D eigenvalue weighted by Crippen LogP contribution is -2.42. The first-order chi connectivity index (χ1) is 9.31. The summed E-state index contributed by atoms with van der Waals surface area (Å²) in [5.41, 5.74) is 1.55. The molecule has 1 aromatic carbocycles. The lowest BCUT2D eigenvalue weighted by molar-refractivity contribution is -0.138. The van der Waals surface area contributed by atoms with Crippen molar-refractivity contribution in [3.05, 3.63) is 29.8 Å². The molecule has 0 spiro atoms. The number of benzene rings is 1. The second-order valence-corrected chi connectivity index (χ2v) is 4.33. The number of hydrogen-bond donors (Lipinski definition) is 2. The van der Waals surface area contributed by atoms with Crippen LogP contribution in [0, 0.1) is 0 Å². The van der Waals surface area contributed by atoms with Crippen molar-refractivity contribution in [3.8, 4) is 0 Å². The number of hydrogen-bond acceptors (Lipinski definition) is 3. The summed E-state index contributed by atoms with van der Waals surface area (Å²) in [4.78, 5) is 11.5. The molecule has 0 bridgehead atoms. The van der Waals surface area contributed by atoms with Crippen LogP contribution in [0.3, 0.4) is 0 Å². The molecule has 1 unspecified atom stereocenters. The van der Waals surface area contributed by atoms with E-state index in [0.29, 0.717) is 12.3 Å². The third-order valence-corrected chi connectivity index (χ3v) is 2.48. The summed E-state index contributed by atoms with van der Waals surface area (Å²) in [7, 11) is 1.56. The Hall–Kier alpha value is -1.76. The molecule has 0 heterocycles. The molecular weight excluding hydrogens is 273 g/mol. The Morgan fingerprint density at radius 3 is 2.70 bits per heavy atom. The Balaban J connectivity index is 2.54. The van der Waals surface area contributed by atoms with E-state index in [4.69, 9.17) is 4.74 Å². The number of nitrogens with one attached hydrogen (secondary N) is 2. The van der Waals surface area contributed by atoms with Crippen molar-refractivity contribution in [2.45, 2.75) is 25.7 Å². The highest BCUT2D eigenvalue weighted by atomic mass is 19.4. The van der Waals surface area contributed by atoms with Gasteiger partial charge in [0.25, 0.3) is 0 Å². The van der Waals surface area contributed by atoms with Crippen molar-refractivity contribution >= 4 is 11.6 Å². The van der Waals surface area contributed by atoms with Crippen LogP contribution in [0.1, 0.15) is 12.5 Å². The molecule has 7 heteroatoms. The van der Waals surface area contributed by atoms with Gasteiger partial charge in [-0.3, -0.25) is 4.79 Å². The molecule has 0 aliphatic carbocycles. The van der Waals surface area contributed by atoms with Crippen LogP contribution in [0.25, 0.3) is 0 Å². The van der Waals surface area contributed by atoms with Crippen LogP contribution in [-0.2, 0) is 16.1 Å². The largest absolute Gasteiger partial charge is 0.405 e. The number of carbonyl (C=O) groups excluding carboxylic acids is 1. The van der Waals surface area contributed by atoms with Crippen LogP contribution in [-0.4, -0.2) is 31.8 Å². The zero-order chi connectivity index (χ0) is 15.2. The van der Waals surface area contributed by atoms with Gasteiger partial charge in [0.1, 0.15) is 12.6 Å². The Morgan fingerprint density at radius 2 is 2.10 bits per heavy atom. The highest BCUT2D eigenvalue weighted by Gasteiger charge is 2.28. The average Bonchev–Trinajstić information content (AvgIpc) is 2.36. The zero-order valence-electron chi connectivity index (χ0n) is 11.3. The zero-order valence-corrected chi connectivity index (χ0v) is 11.3. The van der Waals surface area contributed by atoms with Gasteiger partial charge in [-0.05, 0) is 24.6 Å². The third-order valence-electron chi connectivity index (χ3n) is 2.48. The first kappa shape index (κ1) is 16.3. The molecule has 0 saturated heterocycles. The SMILES string of the molecule is COCc1cccc(NC(C)C(=O)NCC(F)(F)F)c1. The molecule has 20 heavy (non-hydrogen) atoms. The minimum absolute atomic E-state index is 0.421. The minimum Gasteiger partial charge on any atom is -0.380 e. The fraction of sp³-hybridized carbons (Fsp3) is 0.462. The van der Waals surface area contributed by atoms with E-state index in [2.05, 4.69) is 5.32 Å². The van der Waals surface area contributed by atoms with Gasteiger partial charge >= 0.3 is 6.18 Å². The normalized spacial score (nSPS) is 12.8. The van der Waals surface area contributed by atoms with Gasteiger partial charge < -0.3 is 15.4 Å². The van der Waals surface area contributed by atoms with E-state index in [0.717, 1.165) is 5.56 Å². The van der Waals surface area contributed by atoms with E-state index in [1.54, 1.807) is 25.3 Å². The fourth-order valence-corrected chi connectivity index (χ4v) is 1.57. The van der Waals surface area contributed by atoms with Crippen LogP contribution >= 0.6 is 0 Å². The van der Waals surface area contributed by atoms with Gasteiger partial charge in [0, 0.05) is 12.8 Å². The summed E-state index contributed by atoms with van der Waals surface area (Å²) in [6, 6.07) is 6.36. The van der Waals surface area contributed by atoms with Gasteiger partial charge in [0.05, 0.1) is 6.61 Å². The maximum atomic E-state index is 12.0. The Bertz CT molecular complexity index is 449. The van der Waals surface area contributed by atoms with Gasteiger partial charge in [-0.2, -0.15) is 13.2 Å². The van der Waals surface area contributed by atoms with Crippen molar-refractivity contribution in [2.75, 3.05) is 19.0 Å². The van der Waals surface area contributed by atoms with Crippen LogP contribution in [0.15, 0.2) is 24.3 Å². The highest BCUT2D eigenvalue weighted by Crippen LogP contribution is 2.14. The number of rotatable bonds is 6. The molecule has 0 aliphatic rings. The molecule has 0 aromatic heterocycles. The molecule has 0 aliphatic heterocycles. The predicted octanol–water partition coefficient (Wildman–Crippen LogP) is 2.31. The molecule has 1 atom stereocenters. The van der Waals surface area contributed by atoms with Crippen LogP contribution < -0.4 is 10.6 Å². The number of anilines is 1. The number of alkyl halides is 3. The molecule has 2 N–H and O–H groups in total. The second-order valence-electron chi connectivity index (χ2n) is 4.33. The lowest BCUT2D eigenvalue weighted by Gasteiger charge is -2.16. The maximum Gasteiger partial charge on any atom is 0.405 e. The Kier molecular flexibility index (Phi) is 5.82. The quantitative estimate of drug-likeness (QED) is 0.845. The molecule has 1 aromatic rings. The number of amides is 1. The Labute approximate surface area is 115 Å². The van der Waals surface area contributed by atoms with Crippen molar-refractivity contribution in [1.82, 2.24) is 5.32 Å². The number of ether oxygens (including phenoxy) is 1. The van der Waals surface area contributed by atoms with E-state index in [1.165, 1.54) is 6.92 Å². The summed E-state index contributed by atoms with van der Waals surface area (Å²) in [5, 5.41) is 4.67. The lowest BCUT2D eigenvalue weighted by atomic mass is 10.2. The summed E-state index contributed by atoms with van der Waals surface area (Å²) < 4.78 is 41.0. The standard InChI is InChI=1S/C13H17F3N2O2/c1-9(12(19)17-8-13(14,15)16)18-11-5-3-4-10(6-11)7-20-2/h3-6,9,18H,7-8H2,1-2H3,(H,17,19). The number of carbonyl (C=O) groups is 1. The Morgan fingerprint density at radius 1 is 1.40 bits per heavy atom. The fourth-order valence-electron chi connectivity index (χ4n) is 1.57. The van der Waals surface area contributed by atoms with Gasteiger partial charge in [-0.15, -0.1) is 0 Å². The smallest absolute Gasteiger partial charge is 0.380 e. The van der Waals surface area contributed by atoms with E-state index >= 15 is 0 Å². The molecular formula is C13H17F3N2O2. The van der Waals surface area contributed by atoms with E-state index < -0.39 is 24.7 Å². The number of halogens is 3. The van der Waals surface area contributed by atoms with Crippen molar-refractivity contribution in [3.63, 3.8) is 0 Å². The molecule has 0 saturated carbocycles. The van der Waals surface area contributed by atoms with Gasteiger partial charge in [0.15, 0.2) is 0 Å². The molecule has 112 valence electrons. The van der Waals surface area contributed by atoms with Crippen LogP contribution in [0.4, 0.5) is 18.9 Å². The van der Waals surface area contributed by atoms with Crippen molar-refractivity contribution in [2.24, 2.45) is 0 Å². The van der Waals surface area contributed by atoms with Crippen LogP contribution in [0.5, 0.6) is 0 Å². The summed E-state index contributed by atoms with van der Waals surface area (Å²) >= 11 is 0. The summed E-state index contributed by atoms with van der Waals surface area (Å²) in [6.45, 7) is 0.584. The van der Waals surface area contributed by atoms with Gasteiger partial charge in [-0.1, -0.05) is 12.1 Å². The number of methoxy groups -OCH3 is 1. The minimum atomic E-state index is -4.41. The molecule has 0 radical (unpaired) electrons. The maximum absolute atomic E-state index is 12.0. The average molecular weight is 290 g/mol. The summed E-state index contributed by atoms with van der Waals surface area (Å²) in [6.07, 6.45) is -4.41. The third kappa shape index (κ3) is 5.92. The summed E-state index contributed by atoms with van der Waals surface area (Å²) in [5.74, 6) is -0.709. The van der Waals surface area contributed by atoms with Crippen LogP contribution in [0.2, 0.25) is 0 Å². The topological polar surface area (TPSA) is 50.4 Å². The molecule has 1 rings (SSSR count). The van der Waals surface area contributed by atoms with E-state index in [1.807, 2.05) is 11.4 Å². The van der Waals surface area contributed by atoms with Crippen molar-refractivity contribution < 1.29 is 22.7 Å². The molecule has 1 amide bonds. The molecule has 0 fully saturated rings. The highest BCUT2D eigenvalue weighted by molar-refractivity contribution is 5.84. The first-order valence-corrected chi connectivity index (χ1v) is 6.00. The monoisotopic (exact) mass is 290 g/mol.